The molecule has 0 radical (unpaired) electrons. The third kappa shape index (κ3) is 4.40. The molecule has 17 heavy (non-hydrogen) atoms. The Morgan fingerprint density at radius 1 is 1.47 bits per heavy atom. The molecule has 1 aromatic heterocycles. The van der Waals surface area contributed by atoms with Crippen molar-refractivity contribution in [2.45, 2.75) is 26.3 Å². The number of nitrogens with one attached hydrogen (secondary N) is 2. The van der Waals surface area contributed by atoms with Gasteiger partial charge in [0.15, 0.2) is 0 Å². The van der Waals surface area contributed by atoms with E-state index in [0.29, 0.717) is 12.3 Å². The molecule has 3 N–H and O–H groups in total. The van der Waals surface area contributed by atoms with Gasteiger partial charge in [-0.2, -0.15) is 0 Å². The normalized spacial score (nSPS) is 12.5. The number of carbonyl (C=O) groups excluding carboxylic acids is 1. The smallest absolute Gasteiger partial charge is 0.268 e. The molecule has 1 amide bonds. The van der Waals surface area contributed by atoms with Gasteiger partial charge in [-0.3, -0.25) is 9.59 Å². The Kier molecular flexibility index (Phi) is 4.90. The summed E-state index contributed by atoms with van der Waals surface area (Å²) in [6, 6.07) is 4.10. The maximum Gasteiger partial charge on any atom is 0.268 e. The van der Waals surface area contributed by atoms with Crippen LogP contribution in [0.4, 0.5) is 0 Å². The van der Waals surface area contributed by atoms with E-state index in [1.807, 2.05) is 13.8 Å². The van der Waals surface area contributed by atoms with Gasteiger partial charge >= 0.3 is 0 Å². The van der Waals surface area contributed by atoms with Gasteiger partial charge in [0.1, 0.15) is 5.69 Å². The molecule has 0 saturated heterocycles. The number of aromatic nitrogens is 1. The van der Waals surface area contributed by atoms with Gasteiger partial charge in [-0.25, -0.2) is 0 Å². The molecule has 0 fully saturated rings. The van der Waals surface area contributed by atoms with Crippen LogP contribution in [0.2, 0.25) is 0 Å². The van der Waals surface area contributed by atoms with Crippen molar-refractivity contribution < 1.29 is 9.90 Å². The maximum absolute atomic E-state index is 11.8. The molecule has 5 heteroatoms. The second-order valence-electron chi connectivity index (χ2n) is 4.41. The van der Waals surface area contributed by atoms with Crippen molar-refractivity contribution in [1.29, 1.82) is 0 Å². The molecule has 0 bridgehead atoms. The van der Waals surface area contributed by atoms with Crippen molar-refractivity contribution in [1.82, 2.24) is 10.3 Å². The molecule has 1 atom stereocenters. The molecule has 1 unspecified atom stereocenters. The third-order valence-electron chi connectivity index (χ3n) is 2.32. The molecule has 0 aliphatic rings. The van der Waals surface area contributed by atoms with Crippen molar-refractivity contribution in [2.75, 3.05) is 6.61 Å². The molecular weight excluding hydrogens is 220 g/mol. The second-order valence-corrected chi connectivity index (χ2v) is 4.41. The van der Waals surface area contributed by atoms with Gasteiger partial charge in [0, 0.05) is 6.07 Å². The van der Waals surface area contributed by atoms with Crippen molar-refractivity contribution >= 4 is 5.91 Å². The van der Waals surface area contributed by atoms with Crippen molar-refractivity contribution in [2.24, 2.45) is 5.92 Å². The molecular formula is C12H18N2O3. The first-order valence-corrected chi connectivity index (χ1v) is 5.64. The zero-order chi connectivity index (χ0) is 12.8. The summed E-state index contributed by atoms with van der Waals surface area (Å²) in [6.07, 6.45) is 0.694. The first-order valence-electron chi connectivity index (χ1n) is 5.64. The topological polar surface area (TPSA) is 82.2 Å². The largest absolute Gasteiger partial charge is 0.394 e. The van der Waals surface area contributed by atoms with Gasteiger partial charge in [-0.1, -0.05) is 19.9 Å². The minimum Gasteiger partial charge on any atom is -0.394 e. The number of hydrogen-bond donors (Lipinski definition) is 3. The van der Waals surface area contributed by atoms with Crippen LogP contribution in [0.1, 0.15) is 30.8 Å². The van der Waals surface area contributed by atoms with Crippen LogP contribution in [0.15, 0.2) is 23.0 Å². The standard InChI is InChI=1S/C12H18N2O3/c1-8(2)6-9(7-15)13-12(17)10-4-3-5-11(16)14-10/h3-5,8-9,15H,6-7H2,1-2H3,(H,13,17)(H,14,16). The second kappa shape index (κ2) is 6.20. The van der Waals surface area contributed by atoms with Crippen LogP contribution in [0.5, 0.6) is 0 Å². The molecule has 94 valence electrons. The van der Waals surface area contributed by atoms with Gasteiger partial charge in [-0.05, 0) is 18.4 Å². The van der Waals surface area contributed by atoms with Crippen molar-refractivity contribution in [3.05, 3.63) is 34.2 Å². The van der Waals surface area contributed by atoms with Gasteiger partial charge in [0.2, 0.25) is 5.56 Å². The third-order valence-corrected chi connectivity index (χ3v) is 2.32. The number of amides is 1. The van der Waals surface area contributed by atoms with Crippen LogP contribution < -0.4 is 10.9 Å². The molecule has 0 aliphatic carbocycles. The average Bonchev–Trinajstić information content (AvgIpc) is 2.27. The lowest BCUT2D eigenvalue weighted by atomic mass is 10.0. The Morgan fingerprint density at radius 3 is 2.71 bits per heavy atom. The summed E-state index contributed by atoms with van der Waals surface area (Å²) in [6.45, 7) is 3.92. The minimum absolute atomic E-state index is 0.110. The zero-order valence-corrected chi connectivity index (χ0v) is 10.1. The van der Waals surface area contributed by atoms with Crippen LogP contribution in [0.3, 0.4) is 0 Å². The Labute approximate surface area is 99.9 Å². The summed E-state index contributed by atoms with van der Waals surface area (Å²) in [5, 5.41) is 11.8. The van der Waals surface area contributed by atoms with Crippen LogP contribution in [-0.4, -0.2) is 28.6 Å². The summed E-state index contributed by atoms with van der Waals surface area (Å²) in [7, 11) is 0. The Morgan fingerprint density at radius 2 is 2.18 bits per heavy atom. The molecule has 0 saturated carbocycles. The molecule has 1 aromatic rings. The van der Waals surface area contributed by atoms with E-state index in [1.54, 1.807) is 0 Å². The summed E-state index contributed by atoms with van der Waals surface area (Å²) in [5.74, 6) is 0.00433. The van der Waals surface area contributed by atoms with Crippen LogP contribution in [-0.2, 0) is 0 Å². The number of aromatic amines is 1. The quantitative estimate of drug-likeness (QED) is 0.699. The molecule has 5 nitrogen and oxygen atoms in total. The number of H-pyrrole nitrogens is 1. The highest BCUT2D eigenvalue weighted by Crippen LogP contribution is 2.04. The van der Waals surface area contributed by atoms with E-state index >= 15 is 0 Å². The van der Waals surface area contributed by atoms with E-state index < -0.39 is 0 Å². The molecule has 0 aromatic carbocycles. The first kappa shape index (κ1) is 13.4. The van der Waals surface area contributed by atoms with Gasteiger partial charge < -0.3 is 15.4 Å². The van der Waals surface area contributed by atoms with Crippen molar-refractivity contribution in [3.8, 4) is 0 Å². The molecule has 0 spiro atoms. The SMILES string of the molecule is CC(C)CC(CO)NC(=O)c1cccc(=O)[nH]1. The highest BCUT2D eigenvalue weighted by molar-refractivity contribution is 5.92. The van der Waals surface area contributed by atoms with E-state index in [9.17, 15) is 9.59 Å². The van der Waals surface area contributed by atoms with Crippen LogP contribution in [0.25, 0.3) is 0 Å². The summed E-state index contributed by atoms with van der Waals surface area (Å²) in [5.41, 5.74) is -0.109. The van der Waals surface area contributed by atoms with Gasteiger partial charge in [0.05, 0.1) is 12.6 Å². The van der Waals surface area contributed by atoms with E-state index in [1.165, 1.54) is 18.2 Å². The molecule has 1 rings (SSSR count). The maximum atomic E-state index is 11.8. The first-order chi connectivity index (χ1) is 8.02. The van der Waals surface area contributed by atoms with E-state index in [2.05, 4.69) is 10.3 Å². The van der Waals surface area contributed by atoms with Crippen LogP contribution in [0, 0.1) is 5.92 Å². The molecule has 0 aliphatic heterocycles. The van der Waals surface area contributed by atoms with E-state index in [4.69, 9.17) is 5.11 Å². The van der Waals surface area contributed by atoms with Crippen LogP contribution >= 0.6 is 0 Å². The Bertz CT molecular complexity index is 426. The summed E-state index contributed by atoms with van der Waals surface area (Å²) >= 11 is 0. The lowest BCUT2D eigenvalue weighted by Crippen LogP contribution is -2.39. The van der Waals surface area contributed by atoms with Gasteiger partial charge in [0.25, 0.3) is 5.91 Å². The zero-order valence-electron chi connectivity index (χ0n) is 10.1. The molecule has 1 heterocycles. The number of pyridine rings is 1. The number of carbonyl (C=O) groups is 1. The van der Waals surface area contributed by atoms with Crippen molar-refractivity contribution in [3.63, 3.8) is 0 Å². The highest BCUT2D eigenvalue weighted by Gasteiger charge is 2.14. The summed E-state index contributed by atoms with van der Waals surface area (Å²) in [4.78, 5) is 25.2. The van der Waals surface area contributed by atoms with E-state index in [-0.39, 0.29) is 29.8 Å². The predicted octanol–water partition coefficient (Wildman–Crippen LogP) is 0.512. The number of aliphatic hydroxyl groups is 1. The Balaban J connectivity index is 2.67. The number of aliphatic hydroxyl groups excluding tert-OH is 1. The number of rotatable bonds is 5. The lowest BCUT2D eigenvalue weighted by Gasteiger charge is -2.17. The predicted molar refractivity (Wildman–Crippen MR) is 64.9 cm³/mol. The Hall–Kier alpha value is -1.62. The fraction of sp³-hybridized carbons (Fsp3) is 0.500. The minimum atomic E-state index is -0.373. The van der Waals surface area contributed by atoms with Gasteiger partial charge in [-0.15, -0.1) is 0 Å². The fourth-order valence-electron chi connectivity index (χ4n) is 1.59. The fourth-order valence-corrected chi connectivity index (χ4v) is 1.59. The number of hydrogen-bond acceptors (Lipinski definition) is 3. The highest BCUT2D eigenvalue weighted by atomic mass is 16.3. The summed E-state index contributed by atoms with van der Waals surface area (Å²) < 4.78 is 0. The monoisotopic (exact) mass is 238 g/mol. The average molecular weight is 238 g/mol. The lowest BCUT2D eigenvalue weighted by molar-refractivity contribution is 0.0903. The van der Waals surface area contributed by atoms with E-state index in [0.717, 1.165) is 0 Å².